The number of hydrogen-bond acceptors (Lipinski definition) is 8. The molecule has 0 saturated carbocycles. The van der Waals surface area contributed by atoms with Crippen LogP contribution in [0.1, 0.15) is 17.8 Å². The third-order valence-electron chi connectivity index (χ3n) is 3.50. The Morgan fingerprint density at radius 1 is 1.26 bits per heavy atom. The first kappa shape index (κ1) is 19.1. The Bertz CT molecular complexity index is 1040. The van der Waals surface area contributed by atoms with Crippen LogP contribution >= 0.6 is 11.3 Å². The molecule has 3 aromatic rings. The summed E-state index contributed by atoms with van der Waals surface area (Å²) in [5.41, 5.74) is 0.524. The molecular formula is C16H15FN4O4S2. The Hall–Kier alpha value is -2.66. The third-order valence-corrected chi connectivity index (χ3v) is 6.09. The highest BCUT2D eigenvalue weighted by Crippen LogP contribution is 2.21. The molecule has 142 valence electrons. The van der Waals surface area contributed by atoms with E-state index in [-0.39, 0.29) is 35.4 Å². The summed E-state index contributed by atoms with van der Waals surface area (Å²) in [6.07, 6.45) is 0.0474. The summed E-state index contributed by atoms with van der Waals surface area (Å²) in [5.74, 6) is -1.01. The summed E-state index contributed by atoms with van der Waals surface area (Å²) in [6.45, 7) is 1.84. The molecular weight excluding hydrogens is 395 g/mol. The van der Waals surface area contributed by atoms with Crippen LogP contribution in [0.25, 0.3) is 11.6 Å². The molecule has 0 spiro atoms. The Balaban J connectivity index is 1.51. The number of aryl methyl sites for hydroxylation is 1. The van der Waals surface area contributed by atoms with Gasteiger partial charge in [-0.2, -0.15) is 0 Å². The van der Waals surface area contributed by atoms with Gasteiger partial charge in [0.1, 0.15) is 11.5 Å². The first-order valence-corrected chi connectivity index (χ1v) is 10.4. The molecule has 0 bridgehead atoms. The molecule has 0 atom stereocenters. The second-order valence-corrected chi connectivity index (χ2v) is 8.76. The zero-order valence-electron chi connectivity index (χ0n) is 14.2. The van der Waals surface area contributed by atoms with Crippen molar-refractivity contribution in [2.45, 2.75) is 24.7 Å². The largest absolute Gasteiger partial charge is 0.401 e. The topological polar surface area (TPSA) is 115 Å². The Labute approximate surface area is 158 Å². The number of nitrogens with zero attached hydrogens (tertiary/aromatic N) is 3. The molecule has 0 aliphatic carbocycles. The maximum atomic E-state index is 12.9. The smallest absolute Gasteiger partial charge is 0.322 e. The molecule has 2 heterocycles. The summed E-state index contributed by atoms with van der Waals surface area (Å²) in [5, 5.41) is 12.5. The minimum Gasteiger partial charge on any atom is -0.401 e. The maximum Gasteiger partial charge on any atom is 0.322 e. The summed E-state index contributed by atoms with van der Waals surface area (Å²) in [7, 11) is -3.58. The van der Waals surface area contributed by atoms with Crippen LogP contribution in [-0.4, -0.2) is 35.3 Å². The molecule has 1 amide bonds. The van der Waals surface area contributed by atoms with E-state index in [1.165, 1.54) is 23.5 Å². The van der Waals surface area contributed by atoms with Gasteiger partial charge in [0.2, 0.25) is 5.91 Å². The van der Waals surface area contributed by atoms with Gasteiger partial charge in [-0.05, 0) is 37.6 Å². The van der Waals surface area contributed by atoms with Crippen molar-refractivity contribution in [1.29, 1.82) is 0 Å². The molecule has 0 aliphatic rings. The highest BCUT2D eigenvalue weighted by Gasteiger charge is 2.17. The van der Waals surface area contributed by atoms with Crippen molar-refractivity contribution in [1.82, 2.24) is 15.2 Å². The molecule has 0 unspecified atom stereocenters. The predicted molar refractivity (Wildman–Crippen MR) is 96.5 cm³/mol. The van der Waals surface area contributed by atoms with E-state index in [0.717, 1.165) is 17.1 Å². The third kappa shape index (κ3) is 4.95. The molecule has 0 radical (unpaired) electrons. The van der Waals surface area contributed by atoms with Crippen molar-refractivity contribution in [2.24, 2.45) is 0 Å². The van der Waals surface area contributed by atoms with Gasteiger partial charge in [0, 0.05) is 11.8 Å². The predicted octanol–water partition coefficient (Wildman–Crippen LogP) is 2.83. The van der Waals surface area contributed by atoms with Gasteiger partial charge in [-0.15, -0.1) is 16.4 Å². The molecule has 0 saturated heterocycles. The van der Waals surface area contributed by atoms with E-state index in [9.17, 15) is 17.6 Å². The Morgan fingerprint density at radius 2 is 2.00 bits per heavy atom. The van der Waals surface area contributed by atoms with E-state index in [4.69, 9.17) is 4.42 Å². The molecule has 1 aromatic carbocycles. The van der Waals surface area contributed by atoms with Crippen LogP contribution in [-0.2, 0) is 14.6 Å². The van der Waals surface area contributed by atoms with Crippen LogP contribution in [0.3, 0.4) is 0 Å². The number of benzene rings is 1. The van der Waals surface area contributed by atoms with Gasteiger partial charge in [0.05, 0.1) is 15.7 Å². The minimum absolute atomic E-state index is 0.0180. The number of amides is 1. The van der Waals surface area contributed by atoms with Crippen LogP contribution in [0.5, 0.6) is 0 Å². The lowest BCUT2D eigenvalue weighted by Gasteiger charge is -2.04. The molecule has 0 aliphatic heterocycles. The monoisotopic (exact) mass is 410 g/mol. The maximum absolute atomic E-state index is 12.9. The first-order valence-electron chi connectivity index (χ1n) is 7.88. The van der Waals surface area contributed by atoms with Crippen LogP contribution in [0.15, 0.2) is 39.0 Å². The minimum atomic E-state index is -3.58. The molecule has 0 fully saturated rings. The van der Waals surface area contributed by atoms with Crippen molar-refractivity contribution in [3.63, 3.8) is 0 Å². The molecule has 2 aromatic heterocycles. The Morgan fingerprint density at radius 3 is 2.67 bits per heavy atom. The average Bonchev–Trinajstić information content (AvgIpc) is 3.24. The summed E-state index contributed by atoms with van der Waals surface area (Å²) in [6, 6.07) is 4.48. The number of halogens is 1. The fourth-order valence-electron chi connectivity index (χ4n) is 2.20. The van der Waals surface area contributed by atoms with Crippen molar-refractivity contribution >= 4 is 33.1 Å². The second-order valence-electron chi connectivity index (χ2n) is 5.59. The van der Waals surface area contributed by atoms with E-state index < -0.39 is 21.6 Å². The van der Waals surface area contributed by atoms with E-state index >= 15 is 0 Å². The van der Waals surface area contributed by atoms with E-state index in [2.05, 4.69) is 20.5 Å². The van der Waals surface area contributed by atoms with Crippen LogP contribution in [0, 0.1) is 12.7 Å². The first-order chi connectivity index (χ1) is 12.8. The molecule has 27 heavy (non-hydrogen) atoms. The zero-order chi connectivity index (χ0) is 19.4. The number of rotatable bonds is 7. The van der Waals surface area contributed by atoms with Gasteiger partial charge >= 0.3 is 6.01 Å². The summed E-state index contributed by atoms with van der Waals surface area (Å²) < 4.78 is 42.5. The van der Waals surface area contributed by atoms with E-state index in [0.29, 0.717) is 5.69 Å². The van der Waals surface area contributed by atoms with Gasteiger partial charge < -0.3 is 4.42 Å². The van der Waals surface area contributed by atoms with Gasteiger partial charge in [-0.1, -0.05) is 5.10 Å². The summed E-state index contributed by atoms with van der Waals surface area (Å²) >= 11 is 1.43. The van der Waals surface area contributed by atoms with Crippen LogP contribution in [0.2, 0.25) is 0 Å². The second kappa shape index (κ2) is 7.92. The number of thiazole rings is 1. The van der Waals surface area contributed by atoms with Crippen molar-refractivity contribution < 1.29 is 22.0 Å². The quantitative estimate of drug-likeness (QED) is 0.596. The lowest BCUT2D eigenvalue weighted by molar-refractivity contribution is -0.116. The SMILES string of the molecule is Cc1nc(-c2nnc(NC(=O)CCCS(=O)(=O)c3ccc(F)cc3)o2)cs1. The van der Waals surface area contributed by atoms with Crippen LogP contribution < -0.4 is 5.32 Å². The number of carbonyl (C=O) groups excluding carboxylic acids is 1. The number of hydrogen-bond donors (Lipinski definition) is 1. The summed E-state index contributed by atoms with van der Waals surface area (Å²) in [4.78, 5) is 16.2. The molecule has 3 rings (SSSR count). The van der Waals surface area contributed by atoms with E-state index in [1.807, 2.05) is 6.92 Å². The number of carbonyl (C=O) groups is 1. The lowest BCUT2D eigenvalue weighted by Crippen LogP contribution is -2.14. The number of anilines is 1. The van der Waals surface area contributed by atoms with Crippen molar-refractivity contribution in [3.05, 3.63) is 40.5 Å². The van der Waals surface area contributed by atoms with E-state index in [1.54, 1.807) is 5.38 Å². The lowest BCUT2D eigenvalue weighted by atomic mass is 10.3. The van der Waals surface area contributed by atoms with Gasteiger partial charge in [0.15, 0.2) is 9.84 Å². The van der Waals surface area contributed by atoms with Crippen LogP contribution in [0.4, 0.5) is 10.4 Å². The van der Waals surface area contributed by atoms with Gasteiger partial charge in [-0.3, -0.25) is 10.1 Å². The average molecular weight is 410 g/mol. The van der Waals surface area contributed by atoms with Crippen molar-refractivity contribution in [2.75, 3.05) is 11.1 Å². The van der Waals surface area contributed by atoms with Gasteiger partial charge in [0.25, 0.3) is 5.89 Å². The highest BCUT2D eigenvalue weighted by molar-refractivity contribution is 7.91. The number of aromatic nitrogens is 3. The molecule has 1 N–H and O–H groups in total. The molecule has 11 heteroatoms. The normalized spacial score (nSPS) is 11.5. The molecule has 8 nitrogen and oxygen atoms in total. The Kier molecular flexibility index (Phi) is 5.61. The van der Waals surface area contributed by atoms with Crippen molar-refractivity contribution in [3.8, 4) is 11.6 Å². The fraction of sp³-hybridized carbons (Fsp3) is 0.250. The highest BCUT2D eigenvalue weighted by atomic mass is 32.2. The fourth-order valence-corrected chi connectivity index (χ4v) is 4.10. The standard InChI is InChI=1S/C16H15FN4O4S2/c1-10-18-13(9-26-10)15-20-21-16(25-15)19-14(22)3-2-8-27(23,24)12-6-4-11(17)5-7-12/h4-7,9H,2-3,8H2,1H3,(H,19,21,22). The zero-order valence-corrected chi connectivity index (χ0v) is 15.8. The number of nitrogens with one attached hydrogen (secondary N) is 1. The van der Waals surface area contributed by atoms with Gasteiger partial charge in [-0.25, -0.2) is 17.8 Å². The number of sulfone groups is 1.